The molecule has 0 aromatic heterocycles. The van der Waals surface area contributed by atoms with Gasteiger partial charge in [-0.1, -0.05) is 257 Å². The first kappa shape index (κ1) is 63.9. The summed E-state index contributed by atoms with van der Waals surface area (Å²) in [5, 5.41) is 0. The zero-order chi connectivity index (χ0) is 47.9. The third-order valence-corrected chi connectivity index (χ3v) is 13.2. The van der Waals surface area contributed by atoms with E-state index < -0.39 is 6.10 Å². The SMILES string of the molecule is CCCCCCCCC/C=C\CCCCCCCC(=O)OC(COC(=O)CCCCCCCCC)COC(=O)CCCCCCCCCCCCCCC/C=C\CCCCCCCCCC. The highest BCUT2D eigenvalue weighted by atomic mass is 16.6. The summed E-state index contributed by atoms with van der Waals surface area (Å²) in [7, 11) is 0. The number of hydrogen-bond donors (Lipinski definition) is 0. The zero-order valence-corrected chi connectivity index (χ0v) is 44.5. The molecule has 0 rings (SSSR count). The van der Waals surface area contributed by atoms with Crippen molar-refractivity contribution >= 4 is 17.9 Å². The van der Waals surface area contributed by atoms with Crippen LogP contribution in [0.2, 0.25) is 0 Å². The average molecular weight is 930 g/mol. The molecular formula is C60H112O6. The molecule has 0 aromatic carbocycles. The molecule has 0 bridgehead atoms. The maximum absolute atomic E-state index is 12.8. The van der Waals surface area contributed by atoms with E-state index in [2.05, 4.69) is 45.1 Å². The van der Waals surface area contributed by atoms with Gasteiger partial charge in [0, 0.05) is 19.3 Å². The predicted octanol–water partition coefficient (Wildman–Crippen LogP) is 19.5. The summed E-state index contributed by atoms with van der Waals surface area (Å²) < 4.78 is 16.8. The molecule has 1 atom stereocenters. The van der Waals surface area contributed by atoms with Crippen LogP contribution in [0.1, 0.15) is 323 Å². The summed E-state index contributed by atoms with van der Waals surface area (Å²) in [5.41, 5.74) is 0. The minimum Gasteiger partial charge on any atom is -0.462 e. The molecule has 6 nitrogen and oxygen atoms in total. The Kier molecular flexibility index (Phi) is 53.7. The van der Waals surface area contributed by atoms with Gasteiger partial charge in [0.1, 0.15) is 13.2 Å². The summed E-state index contributed by atoms with van der Waals surface area (Å²) in [4.78, 5) is 37.9. The van der Waals surface area contributed by atoms with Crippen LogP contribution in [0.3, 0.4) is 0 Å². The first-order valence-electron chi connectivity index (χ1n) is 29.3. The van der Waals surface area contributed by atoms with E-state index in [1.807, 2.05) is 0 Å². The van der Waals surface area contributed by atoms with Crippen LogP contribution in [0, 0.1) is 0 Å². The molecule has 1 unspecified atom stereocenters. The van der Waals surface area contributed by atoms with E-state index >= 15 is 0 Å². The lowest BCUT2D eigenvalue weighted by Gasteiger charge is -2.18. The molecule has 6 heteroatoms. The molecule has 0 aromatic rings. The Morgan fingerprint density at radius 2 is 0.500 bits per heavy atom. The number of carbonyl (C=O) groups excluding carboxylic acids is 3. The topological polar surface area (TPSA) is 78.9 Å². The number of hydrogen-bond acceptors (Lipinski definition) is 6. The van der Waals surface area contributed by atoms with E-state index in [9.17, 15) is 14.4 Å². The lowest BCUT2D eigenvalue weighted by Crippen LogP contribution is -2.30. The highest BCUT2D eigenvalue weighted by Gasteiger charge is 2.19. The molecule has 0 fully saturated rings. The van der Waals surface area contributed by atoms with Gasteiger partial charge in [0.15, 0.2) is 6.10 Å². The van der Waals surface area contributed by atoms with Crippen LogP contribution in [0.15, 0.2) is 24.3 Å². The largest absolute Gasteiger partial charge is 0.462 e. The van der Waals surface area contributed by atoms with E-state index in [1.54, 1.807) is 0 Å². The molecule has 66 heavy (non-hydrogen) atoms. The van der Waals surface area contributed by atoms with Crippen molar-refractivity contribution in [2.75, 3.05) is 13.2 Å². The minimum atomic E-state index is -0.770. The van der Waals surface area contributed by atoms with Crippen molar-refractivity contribution in [3.63, 3.8) is 0 Å². The van der Waals surface area contributed by atoms with Gasteiger partial charge in [-0.25, -0.2) is 0 Å². The standard InChI is InChI=1S/C60H112O6/c1-4-7-10-13-16-18-20-22-24-26-27-28-29-30-31-32-33-34-36-37-39-41-44-47-50-53-59(62)65-56-57(55-64-58(61)52-49-46-43-15-12-9-6-3)66-60(63)54-51-48-45-42-40-38-35-25-23-21-19-17-14-11-8-5-2/h25-27,35,57H,4-24,28-34,36-56H2,1-3H3/b27-26-,35-25-. The van der Waals surface area contributed by atoms with Gasteiger partial charge in [0.05, 0.1) is 0 Å². The molecule has 0 aliphatic heterocycles. The first-order chi connectivity index (χ1) is 32.5. The summed E-state index contributed by atoms with van der Waals surface area (Å²) in [6.45, 7) is 6.63. The van der Waals surface area contributed by atoms with Crippen molar-refractivity contribution in [3.05, 3.63) is 24.3 Å². The van der Waals surface area contributed by atoms with Crippen LogP contribution in [-0.4, -0.2) is 37.2 Å². The van der Waals surface area contributed by atoms with Crippen LogP contribution < -0.4 is 0 Å². The van der Waals surface area contributed by atoms with E-state index in [1.165, 1.54) is 218 Å². The normalized spacial score (nSPS) is 12.1. The van der Waals surface area contributed by atoms with Crippen LogP contribution in [0.25, 0.3) is 0 Å². The van der Waals surface area contributed by atoms with Gasteiger partial charge in [-0.3, -0.25) is 14.4 Å². The maximum Gasteiger partial charge on any atom is 0.306 e. The van der Waals surface area contributed by atoms with Gasteiger partial charge >= 0.3 is 17.9 Å². The molecule has 0 radical (unpaired) electrons. The lowest BCUT2D eigenvalue weighted by molar-refractivity contribution is -0.167. The second-order valence-electron chi connectivity index (χ2n) is 19.9. The number of ether oxygens (including phenoxy) is 3. The fourth-order valence-electron chi connectivity index (χ4n) is 8.73. The summed E-state index contributed by atoms with van der Waals surface area (Å²) in [5.74, 6) is -0.869. The molecular weight excluding hydrogens is 817 g/mol. The summed E-state index contributed by atoms with van der Waals surface area (Å²) in [6.07, 6.45) is 64.9. The Labute approximate surface area is 411 Å². The molecule has 0 aliphatic rings. The van der Waals surface area contributed by atoms with E-state index in [-0.39, 0.29) is 31.1 Å². The number of rotatable bonds is 54. The predicted molar refractivity (Wildman–Crippen MR) is 284 cm³/mol. The van der Waals surface area contributed by atoms with Crippen molar-refractivity contribution in [2.24, 2.45) is 0 Å². The number of carbonyl (C=O) groups is 3. The fourth-order valence-corrected chi connectivity index (χ4v) is 8.73. The molecule has 0 amide bonds. The Morgan fingerprint density at radius 1 is 0.288 bits per heavy atom. The molecule has 0 spiro atoms. The highest BCUT2D eigenvalue weighted by Crippen LogP contribution is 2.16. The van der Waals surface area contributed by atoms with Crippen LogP contribution in [-0.2, 0) is 28.6 Å². The Balaban J connectivity index is 4.10. The number of allylic oxidation sites excluding steroid dienone is 4. The van der Waals surface area contributed by atoms with Gasteiger partial charge in [-0.15, -0.1) is 0 Å². The summed E-state index contributed by atoms with van der Waals surface area (Å²) in [6, 6.07) is 0. The Morgan fingerprint density at radius 3 is 0.758 bits per heavy atom. The average Bonchev–Trinajstić information content (AvgIpc) is 3.31. The van der Waals surface area contributed by atoms with Gasteiger partial charge in [0.25, 0.3) is 0 Å². The second kappa shape index (κ2) is 55.5. The Hall–Kier alpha value is -2.11. The lowest BCUT2D eigenvalue weighted by atomic mass is 10.0. The maximum atomic E-state index is 12.8. The molecule has 0 saturated carbocycles. The molecule has 0 saturated heterocycles. The smallest absolute Gasteiger partial charge is 0.306 e. The van der Waals surface area contributed by atoms with Crippen molar-refractivity contribution in [2.45, 2.75) is 329 Å². The van der Waals surface area contributed by atoms with Gasteiger partial charge < -0.3 is 14.2 Å². The van der Waals surface area contributed by atoms with E-state index in [4.69, 9.17) is 14.2 Å². The van der Waals surface area contributed by atoms with Crippen molar-refractivity contribution in [1.29, 1.82) is 0 Å². The Bertz CT molecular complexity index is 1070. The first-order valence-corrected chi connectivity index (χ1v) is 29.3. The van der Waals surface area contributed by atoms with Crippen molar-refractivity contribution < 1.29 is 28.6 Å². The van der Waals surface area contributed by atoms with Crippen molar-refractivity contribution in [3.8, 4) is 0 Å². The summed E-state index contributed by atoms with van der Waals surface area (Å²) >= 11 is 0. The molecule has 0 aliphatic carbocycles. The fraction of sp³-hybridized carbons (Fsp3) is 0.883. The van der Waals surface area contributed by atoms with E-state index in [0.29, 0.717) is 19.3 Å². The third kappa shape index (κ3) is 52.9. The number of unbranched alkanes of at least 4 members (excludes halogenated alkanes) is 39. The van der Waals surface area contributed by atoms with Crippen LogP contribution in [0.4, 0.5) is 0 Å². The molecule has 0 N–H and O–H groups in total. The van der Waals surface area contributed by atoms with Gasteiger partial charge in [-0.2, -0.15) is 0 Å². The van der Waals surface area contributed by atoms with E-state index in [0.717, 1.165) is 64.2 Å². The molecule has 0 heterocycles. The third-order valence-electron chi connectivity index (χ3n) is 13.2. The minimum absolute atomic E-state index is 0.0709. The quantitative estimate of drug-likeness (QED) is 0.0262. The van der Waals surface area contributed by atoms with Gasteiger partial charge in [-0.05, 0) is 70.6 Å². The number of esters is 3. The highest BCUT2D eigenvalue weighted by molar-refractivity contribution is 5.71. The van der Waals surface area contributed by atoms with Crippen LogP contribution >= 0.6 is 0 Å². The van der Waals surface area contributed by atoms with Crippen molar-refractivity contribution in [1.82, 2.24) is 0 Å². The van der Waals surface area contributed by atoms with Gasteiger partial charge in [0.2, 0.25) is 0 Å². The van der Waals surface area contributed by atoms with Crippen LogP contribution in [0.5, 0.6) is 0 Å². The second-order valence-corrected chi connectivity index (χ2v) is 19.9. The monoisotopic (exact) mass is 929 g/mol. The zero-order valence-electron chi connectivity index (χ0n) is 44.5. The molecule has 388 valence electrons.